The van der Waals surface area contributed by atoms with Crippen molar-refractivity contribution in [3.05, 3.63) is 0 Å². The highest BCUT2D eigenvalue weighted by atomic mass is 16.8. The van der Waals surface area contributed by atoms with Gasteiger partial charge in [0.25, 0.3) is 0 Å². The van der Waals surface area contributed by atoms with E-state index in [2.05, 4.69) is 0 Å². The monoisotopic (exact) mass is 244 g/mol. The first-order valence-electron chi connectivity index (χ1n) is 6.51. The van der Waals surface area contributed by atoms with Gasteiger partial charge in [0.05, 0.1) is 12.2 Å². The van der Waals surface area contributed by atoms with Crippen molar-refractivity contribution < 1.29 is 24.8 Å². The van der Waals surface area contributed by atoms with E-state index in [4.69, 9.17) is 9.47 Å². The number of fused-ring (bicyclic) bond motifs is 1. The highest BCUT2D eigenvalue weighted by Gasteiger charge is 2.55. The molecule has 3 N–H and O–H groups in total. The molecule has 0 bridgehead atoms. The molecule has 2 aliphatic carbocycles. The van der Waals surface area contributed by atoms with E-state index in [1.807, 2.05) is 0 Å². The van der Waals surface area contributed by atoms with Crippen molar-refractivity contribution in [1.29, 1.82) is 0 Å². The minimum atomic E-state index is -1.13. The minimum absolute atomic E-state index is 0.290. The molecule has 1 spiro atoms. The van der Waals surface area contributed by atoms with Gasteiger partial charge in [-0.25, -0.2) is 0 Å². The van der Waals surface area contributed by atoms with E-state index in [-0.39, 0.29) is 6.10 Å². The second-order valence-corrected chi connectivity index (χ2v) is 5.49. The van der Waals surface area contributed by atoms with E-state index in [1.165, 1.54) is 6.42 Å². The van der Waals surface area contributed by atoms with Crippen molar-refractivity contribution in [2.45, 2.75) is 74.8 Å². The standard InChI is InChI=1S/C12H20O5/c13-7-6-8-11(10(15)9(7)14)17-12(16-8)4-2-1-3-5-12/h7-11,13-15H,1-6H2/t7-,8-,9-,10-,11-/m1/s1. The molecule has 5 heteroatoms. The summed E-state index contributed by atoms with van der Waals surface area (Å²) in [6.07, 6.45) is 1.48. The van der Waals surface area contributed by atoms with Crippen molar-refractivity contribution in [2.75, 3.05) is 0 Å². The van der Waals surface area contributed by atoms with Gasteiger partial charge in [0.15, 0.2) is 5.79 Å². The lowest BCUT2D eigenvalue weighted by Crippen LogP contribution is -2.54. The molecule has 17 heavy (non-hydrogen) atoms. The average Bonchev–Trinajstić information content (AvgIpc) is 2.66. The summed E-state index contributed by atoms with van der Waals surface area (Å²) in [4.78, 5) is 0. The molecule has 0 aromatic heterocycles. The van der Waals surface area contributed by atoms with Crippen LogP contribution in [0.25, 0.3) is 0 Å². The van der Waals surface area contributed by atoms with Crippen molar-refractivity contribution in [3.63, 3.8) is 0 Å². The summed E-state index contributed by atoms with van der Waals surface area (Å²) < 4.78 is 11.8. The summed E-state index contributed by atoms with van der Waals surface area (Å²) in [5.41, 5.74) is 0. The molecule has 2 saturated carbocycles. The molecule has 0 aromatic rings. The van der Waals surface area contributed by atoms with Crippen molar-refractivity contribution in [3.8, 4) is 0 Å². The molecule has 1 saturated heterocycles. The van der Waals surface area contributed by atoms with E-state index in [0.29, 0.717) is 6.42 Å². The zero-order valence-corrected chi connectivity index (χ0v) is 9.79. The van der Waals surface area contributed by atoms with Crippen molar-refractivity contribution >= 4 is 0 Å². The Morgan fingerprint density at radius 1 is 0.882 bits per heavy atom. The molecule has 1 heterocycles. The van der Waals surface area contributed by atoms with E-state index in [1.54, 1.807) is 0 Å². The van der Waals surface area contributed by atoms with Crippen molar-refractivity contribution in [1.82, 2.24) is 0 Å². The number of aliphatic hydroxyl groups is 3. The third-order valence-electron chi connectivity index (χ3n) is 4.25. The first-order valence-corrected chi connectivity index (χ1v) is 6.51. The lowest BCUT2D eigenvalue weighted by Gasteiger charge is -2.35. The fraction of sp³-hybridized carbons (Fsp3) is 1.00. The summed E-state index contributed by atoms with van der Waals surface area (Å²) in [6, 6.07) is 0. The molecular formula is C12H20O5. The fourth-order valence-electron chi connectivity index (χ4n) is 3.29. The van der Waals surface area contributed by atoms with Crippen LogP contribution in [-0.4, -0.2) is 51.6 Å². The first-order chi connectivity index (χ1) is 8.11. The van der Waals surface area contributed by atoms with Crippen LogP contribution in [-0.2, 0) is 9.47 Å². The first kappa shape index (κ1) is 11.9. The smallest absolute Gasteiger partial charge is 0.169 e. The van der Waals surface area contributed by atoms with Crippen LogP contribution in [0.2, 0.25) is 0 Å². The molecule has 0 aromatic carbocycles. The average molecular weight is 244 g/mol. The van der Waals surface area contributed by atoms with Crippen molar-refractivity contribution in [2.24, 2.45) is 0 Å². The number of hydrogen-bond donors (Lipinski definition) is 3. The predicted molar refractivity (Wildman–Crippen MR) is 58.2 cm³/mol. The molecule has 3 fully saturated rings. The Bertz CT molecular complexity index is 289. The quantitative estimate of drug-likeness (QED) is 0.555. The molecule has 5 nitrogen and oxygen atoms in total. The number of ether oxygens (including phenoxy) is 2. The second kappa shape index (κ2) is 4.17. The Labute approximate surface area is 100 Å². The molecule has 0 amide bonds. The third-order valence-corrected chi connectivity index (χ3v) is 4.25. The summed E-state index contributed by atoms with van der Waals surface area (Å²) in [6.45, 7) is 0. The van der Waals surface area contributed by atoms with Gasteiger partial charge in [0.1, 0.15) is 18.3 Å². The molecule has 98 valence electrons. The van der Waals surface area contributed by atoms with E-state index < -0.39 is 30.2 Å². The Kier molecular flexibility index (Phi) is 2.91. The highest BCUT2D eigenvalue weighted by molar-refractivity contribution is 5.00. The van der Waals surface area contributed by atoms with Gasteiger partial charge in [0, 0.05) is 19.3 Å². The topological polar surface area (TPSA) is 79.2 Å². The Hall–Kier alpha value is -0.200. The number of aliphatic hydroxyl groups excluding tert-OH is 3. The summed E-state index contributed by atoms with van der Waals surface area (Å²) in [5, 5.41) is 29.2. The zero-order chi connectivity index (χ0) is 12.0. The minimum Gasteiger partial charge on any atom is -0.390 e. The second-order valence-electron chi connectivity index (χ2n) is 5.49. The SMILES string of the molecule is O[C@@H]1[C@H](O)[C@H](O)C[C@H]2OC3(CCCCC3)O[C@@H]12. The van der Waals surface area contributed by atoms with Crippen LogP contribution in [0.3, 0.4) is 0 Å². The molecule has 1 aliphatic heterocycles. The van der Waals surface area contributed by atoms with E-state index >= 15 is 0 Å². The van der Waals surface area contributed by atoms with Gasteiger partial charge in [-0.1, -0.05) is 6.42 Å². The van der Waals surface area contributed by atoms with Gasteiger partial charge in [-0.15, -0.1) is 0 Å². The lowest BCUT2D eigenvalue weighted by molar-refractivity contribution is -0.202. The lowest BCUT2D eigenvalue weighted by atomic mass is 9.87. The maximum Gasteiger partial charge on any atom is 0.169 e. The van der Waals surface area contributed by atoms with Gasteiger partial charge in [-0.05, 0) is 12.8 Å². The normalized spacial score (nSPS) is 49.2. The van der Waals surface area contributed by atoms with Crippen LogP contribution < -0.4 is 0 Å². The predicted octanol–water partition coefficient (Wildman–Crippen LogP) is -0.0828. The third kappa shape index (κ3) is 1.90. The summed E-state index contributed by atoms with van der Waals surface area (Å²) in [5.74, 6) is -0.571. The van der Waals surface area contributed by atoms with Crippen LogP contribution in [0, 0.1) is 0 Å². The molecule has 3 rings (SSSR count). The Balaban J connectivity index is 1.76. The van der Waals surface area contributed by atoms with Crippen LogP contribution in [0.15, 0.2) is 0 Å². The molecule has 0 radical (unpaired) electrons. The molecular weight excluding hydrogens is 224 g/mol. The number of hydrogen-bond acceptors (Lipinski definition) is 5. The van der Waals surface area contributed by atoms with Gasteiger partial charge in [-0.2, -0.15) is 0 Å². The molecule has 5 atom stereocenters. The van der Waals surface area contributed by atoms with Gasteiger partial charge in [-0.3, -0.25) is 0 Å². The van der Waals surface area contributed by atoms with Crippen LogP contribution in [0.1, 0.15) is 38.5 Å². The maximum absolute atomic E-state index is 9.92. The Morgan fingerprint density at radius 3 is 2.29 bits per heavy atom. The van der Waals surface area contributed by atoms with Crippen LogP contribution >= 0.6 is 0 Å². The van der Waals surface area contributed by atoms with Gasteiger partial charge < -0.3 is 24.8 Å². The molecule has 0 unspecified atom stereocenters. The van der Waals surface area contributed by atoms with Crippen LogP contribution in [0.5, 0.6) is 0 Å². The number of rotatable bonds is 0. The van der Waals surface area contributed by atoms with E-state index in [9.17, 15) is 15.3 Å². The summed E-state index contributed by atoms with van der Waals surface area (Å²) >= 11 is 0. The summed E-state index contributed by atoms with van der Waals surface area (Å²) in [7, 11) is 0. The largest absolute Gasteiger partial charge is 0.390 e. The van der Waals surface area contributed by atoms with Crippen LogP contribution in [0.4, 0.5) is 0 Å². The maximum atomic E-state index is 9.92. The fourth-order valence-corrected chi connectivity index (χ4v) is 3.29. The van der Waals surface area contributed by atoms with Gasteiger partial charge >= 0.3 is 0 Å². The molecule has 3 aliphatic rings. The Morgan fingerprint density at radius 2 is 1.59 bits per heavy atom. The van der Waals surface area contributed by atoms with Gasteiger partial charge in [0.2, 0.25) is 0 Å². The van der Waals surface area contributed by atoms with E-state index in [0.717, 1.165) is 25.7 Å². The zero-order valence-electron chi connectivity index (χ0n) is 9.79. The highest BCUT2D eigenvalue weighted by Crippen LogP contribution is 2.44.